The van der Waals surface area contributed by atoms with E-state index in [1.807, 2.05) is 19.1 Å². The summed E-state index contributed by atoms with van der Waals surface area (Å²) in [5, 5.41) is 15.0. The van der Waals surface area contributed by atoms with E-state index in [9.17, 15) is 18.0 Å². The van der Waals surface area contributed by atoms with Crippen LogP contribution in [-0.4, -0.2) is 29.4 Å². The van der Waals surface area contributed by atoms with Gasteiger partial charge in [-0.15, -0.1) is 10.2 Å². The van der Waals surface area contributed by atoms with Crippen molar-refractivity contribution in [3.8, 4) is 5.82 Å². The molecule has 0 aliphatic rings. The number of halogens is 4. The first-order valence-corrected chi connectivity index (χ1v) is 9.01. The Morgan fingerprint density at radius 3 is 2.63 bits per heavy atom. The number of nitrogens with zero attached hydrogens (tertiary/aromatic N) is 6. The van der Waals surface area contributed by atoms with Crippen LogP contribution in [0.3, 0.4) is 0 Å². The largest absolute Gasteiger partial charge is 0.417 e. The zero-order chi connectivity index (χ0) is 21.5. The molecule has 0 amide bonds. The van der Waals surface area contributed by atoms with Crippen LogP contribution in [0.4, 0.5) is 18.9 Å². The van der Waals surface area contributed by atoms with Gasteiger partial charge in [-0.25, -0.2) is 4.98 Å². The highest BCUT2D eigenvalue weighted by molar-refractivity contribution is 6.32. The van der Waals surface area contributed by atoms with Gasteiger partial charge in [0.1, 0.15) is 5.02 Å². The van der Waals surface area contributed by atoms with Gasteiger partial charge in [-0.2, -0.15) is 23.0 Å². The first-order chi connectivity index (χ1) is 14.3. The Balaban J connectivity index is 1.62. The van der Waals surface area contributed by atoms with Gasteiger partial charge in [0.2, 0.25) is 0 Å². The van der Waals surface area contributed by atoms with Crippen molar-refractivity contribution in [2.24, 2.45) is 0 Å². The summed E-state index contributed by atoms with van der Waals surface area (Å²) in [5.74, 6) is 0.508. The Bertz CT molecular complexity index is 1270. The average Bonchev–Trinajstić information content (AvgIpc) is 3.15. The van der Waals surface area contributed by atoms with E-state index in [0.717, 1.165) is 16.8 Å². The monoisotopic (exact) mass is 435 g/mol. The maximum absolute atomic E-state index is 12.7. The van der Waals surface area contributed by atoms with Crippen molar-refractivity contribution in [3.05, 3.63) is 75.7 Å². The average molecular weight is 436 g/mol. The summed E-state index contributed by atoms with van der Waals surface area (Å²) in [4.78, 5) is 16.2. The minimum atomic E-state index is -4.53. The summed E-state index contributed by atoms with van der Waals surface area (Å²) < 4.78 is 40.7. The molecular formula is C18H13ClF3N7O. The van der Waals surface area contributed by atoms with Crippen molar-refractivity contribution in [2.75, 3.05) is 5.32 Å². The fourth-order valence-electron chi connectivity index (χ4n) is 2.83. The lowest BCUT2D eigenvalue weighted by molar-refractivity contribution is -0.137. The minimum Gasteiger partial charge on any atom is -0.373 e. The van der Waals surface area contributed by atoms with Gasteiger partial charge in [-0.1, -0.05) is 17.7 Å². The second-order valence-electron chi connectivity index (χ2n) is 6.35. The number of pyridine rings is 2. The highest BCUT2D eigenvalue weighted by atomic mass is 35.5. The number of nitrogens with one attached hydrogen (secondary N) is 1. The maximum Gasteiger partial charge on any atom is 0.417 e. The quantitative estimate of drug-likeness (QED) is 0.527. The molecule has 0 aromatic carbocycles. The van der Waals surface area contributed by atoms with Gasteiger partial charge in [0.25, 0.3) is 5.56 Å². The molecule has 4 aromatic rings. The lowest BCUT2D eigenvalue weighted by Gasteiger charge is -2.15. The van der Waals surface area contributed by atoms with E-state index in [1.54, 1.807) is 16.7 Å². The summed E-state index contributed by atoms with van der Waals surface area (Å²) in [5.41, 5.74) is -0.760. The number of hydrogen-bond donors (Lipinski definition) is 1. The van der Waals surface area contributed by atoms with Crippen LogP contribution in [0, 0.1) is 0 Å². The van der Waals surface area contributed by atoms with Crippen LogP contribution in [0.2, 0.25) is 5.02 Å². The Morgan fingerprint density at radius 1 is 1.13 bits per heavy atom. The molecule has 0 bridgehead atoms. The molecule has 0 saturated carbocycles. The third-order valence-corrected chi connectivity index (χ3v) is 4.68. The van der Waals surface area contributed by atoms with Crippen LogP contribution in [0.15, 0.2) is 53.7 Å². The summed E-state index contributed by atoms with van der Waals surface area (Å²) in [7, 11) is 0. The third-order valence-electron chi connectivity index (χ3n) is 4.31. The molecule has 0 fully saturated rings. The number of aromatic nitrogens is 6. The van der Waals surface area contributed by atoms with Crippen LogP contribution in [-0.2, 0) is 6.18 Å². The molecule has 4 aromatic heterocycles. The molecule has 0 spiro atoms. The highest BCUT2D eigenvalue weighted by Gasteiger charge is 2.30. The van der Waals surface area contributed by atoms with E-state index in [-0.39, 0.29) is 22.6 Å². The molecule has 0 unspecified atom stereocenters. The van der Waals surface area contributed by atoms with E-state index in [2.05, 4.69) is 25.6 Å². The smallest absolute Gasteiger partial charge is 0.373 e. The molecule has 1 atom stereocenters. The maximum atomic E-state index is 12.7. The molecule has 4 heterocycles. The molecular weight excluding hydrogens is 423 g/mol. The molecule has 0 aliphatic carbocycles. The van der Waals surface area contributed by atoms with Crippen LogP contribution in [0.5, 0.6) is 0 Å². The first kappa shape index (κ1) is 19.8. The first-order valence-electron chi connectivity index (χ1n) is 8.63. The topological polar surface area (TPSA) is 90.0 Å². The number of alkyl halides is 3. The van der Waals surface area contributed by atoms with Gasteiger partial charge in [0.05, 0.1) is 23.5 Å². The molecule has 12 heteroatoms. The molecule has 30 heavy (non-hydrogen) atoms. The molecule has 0 radical (unpaired) electrons. The summed E-state index contributed by atoms with van der Waals surface area (Å²) in [6.45, 7) is 1.81. The van der Waals surface area contributed by atoms with Gasteiger partial charge in [-0.3, -0.25) is 9.20 Å². The van der Waals surface area contributed by atoms with E-state index in [1.165, 1.54) is 6.20 Å². The standard InChI is InChI=1S/C18H13ClF3N7O/c1-10(16-27-26-14-4-2-3-7-28(14)16)25-12-9-24-29(17(30)15(12)19)13-6-5-11(8-23-13)18(20,21)22/h2-10,25H,1H3/t10-/m1/s1. The van der Waals surface area contributed by atoms with Crippen molar-refractivity contribution < 1.29 is 13.2 Å². The van der Waals surface area contributed by atoms with Crippen LogP contribution in [0.1, 0.15) is 24.4 Å². The lowest BCUT2D eigenvalue weighted by Crippen LogP contribution is -2.24. The van der Waals surface area contributed by atoms with Gasteiger partial charge < -0.3 is 5.32 Å². The van der Waals surface area contributed by atoms with E-state index in [0.29, 0.717) is 17.7 Å². The summed E-state index contributed by atoms with van der Waals surface area (Å²) in [6, 6.07) is 6.96. The van der Waals surface area contributed by atoms with E-state index in [4.69, 9.17) is 11.6 Å². The van der Waals surface area contributed by atoms with E-state index >= 15 is 0 Å². The fourth-order valence-corrected chi connectivity index (χ4v) is 3.01. The molecule has 4 rings (SSSR count). The Kier molecular flexibility index (Phi) is 4.90. The van der Waals surface area contributed by atoms with Gasteiger partial charge in [0, 0.05) is 12.4 Å². The zero-order valence-electron chi connectivity index (χ0n) is 15.3. The number of hydrogen-bond acceptors (Lipinski definition) is 6. The molecule has 154 valence electrons. The van der Waals surface area contributed by atoms with Crippen molar-refractivity contribution in [1.82, 2.24) is 29.4 Å². The summed E-state index contributed by atoms with van der Waals surface area (Å²) in [6.07, 6.45) is -0.806. The highest BCUT2D eigenvalue weighted by Crippen LogP contribution is 2.29. The summed E-state index contributed by atoms with van der Waals surface area (Å²) >= 11 is 6.19. The molecule has 8 nitrogen and oxygen atoms in total. The van der Waals surface area contributed by atoms with Crippen molar-refractivity contribution in [2.45, 2.75) is 19.1 Å². The van der Waals surface area contributed by atoms with Gasteiger partial charge in [-0.05, 0) is 31.2 Å². The Hall–Kier alpha value is -3.47. The number of rotatable bonds is 4. The van der Waals surface area contributed by atoms with Crippen molar-refractivity contribution >= 4 is 22.9 Å². The predicted octanol–water partition coefficient (Wildman–Crippen LogP) is 3.52. The van der Waals surface area contributed by atoms with Crippen LogP contribution >= 0.6 is 11.6 Å². The molecule has 1 N–H and O–H groups in total. The second-order valence-corrected chi connectivity index (χ2v) is 6.72. The number of fused-ring (bicyclic) bond motifs is 1. The van der Waals surface area contributed by atoms with Crippen molar-refractivity contribution in [3.63, 3.8) is 0 Å². The Labute approximate surface area is 172 Å². The fraction of sp³-hybridized carbons (Fsp3) is 0.167. The predicted molar refractivity (Wildman–Crippen MR) is 103 cm³/mol. The molecule has 0 aliphatic heterocycles. The molecule has 0 saturated heterocycles. The van der Waals surface area contributed by atoms with Crippen LogP contribution in [0.25, 0.3) is 11.5 Å². The minimum absolute atomic E-state index is 0.0852. The van der Waals surface area contributed by atoms with Gasteiger partial charge >= 0.3 is 6.18 Å². The van der Waals surface area contributed by atoms with Crippen molar-refractivity contribution in [1.29, 1.82) is 0 Å². The van der Waals surface area contributed by atoms with Gasteiger partial charge in [0.15, 0.2) is 17.3 Å². The van der Waals surface area contributed by atoms with Crippen LogP contribution < -0.4 is 10.9 Å². The Morgan fingerprint density at radius 2 is 1.93 bits per heavy atom. The lowest BCUT2D eigenvalue weighted by atomic mass is 10.3. The zero-order valence-corrected chi connectivity index (χ0v) is 16.1. The van der Waals surface area contributed by atoms with E-state index < -0.39 is 17.3 Å². The third kappa shape index (κ3) is 3.59. The second kappa shape index (κ2) is 7.41. The number of anilines is 1. The SMILES string of the molecule is C[C@@H](Nc1cnn(-c2ccc(C(F)(F)F)cn2)c(=O)c1Cl)c1nnc2ccccn12. The normalized spacial score (nSPS) is 12.8.